The van der Waals surface area contributed by atoms with E-state index in [-0.39, 0.29) is 0 Å². The molecule has 4 aromatic rings. The van der Waals surface area contributed by atoms with Crippen LogP contribution in [0, 0.1) is 0 Å². The lowest BCUT2D eigenvalue weighted by Gasteiger charge is -2.03. The highest BCUT2D eigenvalue weighted by Gasteiger charge is 1.99. The molecule has 0 fully saturated rings. The van der Waals surface area contributed by atoms with Gasteiger partial charge in [0.15, 0.2) is 0 Å². The smallest absolute Gasteiger partial charge is 0.0186 e. The molecular weight excluding hydrogens is 560 g/mol. The van der Waals surface area contributed by atoms with Crippen molar-refractivity contribution in [3.8, 4) is 0 Å². The zero-order chi connectivity index (χ0) is 22.2. The molecule has 0 bridgehead atoms. The Bertz CT molecular complexity index is 1090. The van der Waals surface area contributed by atoms with Crippen LogP contribution in [0.1, 0.15) is 22.3 Å². The molecule has 0 heterocycles. The molecule has 0 aromatic heterocycles. The summed E-state index contributed by atoms with van der Waals surface area (Å²) in [7, 11) is 3.56. The minimum atomic E-state index is 1.10. The van der Waals surface area contributed by atoms with Crippen LogP contribution in [0.2, 0.25) is 0 Å². The fourth-order valence-electron chi connectivity index (χ4n) is 2.90. The number of rotatable bonds is 7. The molecule has 0 aliphatic rings. The van der Waals surface area contributed by atoms with Gasteiger partial charge in [-0.2, -0.15) is 0 Å². The van der Waals surface area contributed by atoms with E-state index in [2.05, 4.69) is 153 Å². The molecule has 0 amide bonds. The van der Waals surface area contributed by atoms with Crippen LogP contribution in [0.25, 0.3) is 24.3 Å². The first-order chi connectivity index (χ1) is 15.6. The Balaban J connectivity index is 1.29. The third-order valence-corrected chi connectivity index (χ3v) is 8.15. The molecular formula is C28H20Br2S2. The summed E-state index contributed by atoms with van der Waals surface area (Å²) < 4.78 is 2.20. The van der Waals surface area contributed by atoms with E-state index in [4.69, 9.17) is 0 Å². The second kappa shape index (κ2) is 11.8. The Morgan fingerprint density at radius 3 is 0.906 bits per heavy atom. The largest absolute Gasteiger partial charge is 0.0544 e. The highest BCUT2D eigenvalue weighted by molar-refractivity contribution is 9.10. The van der Waals surface area contributed by atoms with Crippen molar-refractivity contribution in [1.29, 1.82) is 0 Å². The van der Waals surface area contributed by atoms with Gasteiger partial charge in [-0.25, -0.2) is 0 Å². The first-order valence-corrected chi connectivity index (χ1v) is 13.8. The summed E-state index contributed by atoms with van der Waals surface area (Å²) in [4.78, 5) is 2.49. The molecule has 0 aliphatic heterocycles. The zero-order valence-corrected chi connectivity index (χ0v) is 21.9. The molecule has 0 atom stereocenters. The molecule has 0 aliphatic carbocycles. The number of hydrogen-bond acceptors (Lipinski definition) is 2. The predicted octanol–water partition coefficient (Wildman–Crippen LogP) is 10.4. The maximum absolute atomic E-state index is 3.47. The van der Waals surface area contributed by atoms with Crippen LogP contribution in [0.4, 0.5) is 0 Å². The van der Waals surface area contributed by atoms with Crippen LogP contribution >= 0.6 is 53.4 Å². The van der Waals surface area contributed by atoms with Crippen molar-refractivity contribution in [2.24, 2.45) is 0 Å². The fraction of sp³-hybridized carbons (Fsp3) is 0. The van der Waals surface area contributed by atoms with E-state index in [1.807, 2.05) is 0 Å². The molecule has 0 saturated heterocycles. The van der Waals surface area contributed by atoms with E-state index < -0.39 is 0 Å². The molecule has 0 unspecified atom stereocenters. The van der Waals surface area contributed by atoms with Gasteiger partial charge in [0, 0.05) is 18.7 Å². The van der Waals surface area contributed by atoms with Crippen LogP contribution in [-0.2, 0) is 0 Å². The van der Waals surface area contributed by atoms with Crippen molar-refractivity contribution in [1.82, 2.24) is 0 Å². The van der Waals surface area contributed by atoms with E-state index in [9.17, 15) is 0 Å². The van der Waals surface area contributed by atoms with E-state index in [1.54, 1.807) is 21.6 Å². The summed E-state index contributed by atoms with van der Waals surface area (Å²) in [5.41, 5.74) is 4.78. The van der Waals surface area contributed by atoms with E-state index >= 15 is 0 Å². The van der Waals surface area contributed by atoms with Crippen molar-refractivity contribution in [3.05, 3.63) is 128 Å². The number of hydrogen-bond donors (Lipinski definition) is 0. The monoisotopic (exact) mass is 578 g/mol. The summed E-state index contributed by atoms with van der Waals surface area (Å²) in [5, 5.41) is 0. The molecule has 32 heavy (non-hydrogen) atoms. The standard InChI is InChI=1S/C28H20Br2S2/c29-25-13-5-21(6-14-25)1-3-23-9-17-27(18-10-23)31-32-28-19-11-24(12-20-28)4-2-22-7-15-26(30)16-8-22/h1-20H/b3-1+,4-2+. The second-order valence-electron chi connectivity index (χ2n) is 7.07. The summed E-state index contributed by atoms with van der Waals surface area (Å²) in [6.45, 7) is 0. The van der Waals surface area contributed by atoms with Crippen molar-refractivity contribution in [3.63, 3.8) is 0 Å². The molecule has 4 heteroatoms. The molecule has 0 spiro atoms. The molecule has 0 saturated carbocycles. The van der Waals surface area contributed by atoms with Crippen LogP contribution in [0.15, 0.2) is 116 Å². The normalized spacial score (nSPS) is 11.4. The van der Waals surface area contributed by atoms with Gasteiger partial charge in [0.1, 0.15) is 0 Å². The van der Waals surface area contributed by atoms with Gasteiger partial charge in [-0.1, -0.05) is 126 Å². The SMILES string of the molecule is Brc1ccc(/C=C/c2ccc(SSc3ccc(/C=C/c4ccc(Br)cc4)cc3)cc2)cc1. The Kier molecular flexibility index (Phi) is 8.52. The minimum Gasteiger partial charge on any atom is -0.0544 e. The molecule has 0 radical (unpaired) electrons. The van der Waals surface area contributed by atoms with Gasteiger partial charge in [-0.15, -0.1) is 0 Å². The van der Waals surface area contributed by atoms with Gasteiger partial charge in [0.05, 0.1) is 0 Å². The van der Waals surface area contributed by atoms with E-state index in [0.717, 1.165) is 8.95 Å². The Labute approximate surface area is 214 Å². The van der Waals surface area contributed by atoms with Gasteiger partial charge in [-0.05, 0) is 70.8 Å². The topological polar surface area (TPSA) is 0 Å². The van der Waals surface area contributed by atoms with Crippen LogP contribution in [0.3, 0.4) is 0 Å². The maximum atomic E-state index is 3.47. The third kappa shape index (κ3) is 7.28. The predicted molar refractivity (Wildman–Crippen MR) is 151 cm³/mol. The quantitative estimate of drug-likeness (QED) is 0.158. The van der Waals surface area contributed by atoms with Gasteiger partial charge in [0.25, 0.3) is 0 Å². The molecule has 158 valence electrons. The minimum absolute atomic E-state index is 1.10. The van der Waals surface area contributed by atoms with Gasteiger partial charge >= 0.3 is 0 Å². The lowest BCUT2D eigenvalue weighted by Crippen LogP contribution is -1.76. The Morgan fingerprint density at radius 2 is 0.625 bits per heavy atom. The summed E-state index contributed by atoms with van der Waals surface area (Å²) in [6.07, 6.45) is 8.56. The maximum Gasteiger partial charge on any atom is 0.0186 e. The average Bonchev–Trinajstić information content (AvgIpc) is 2.83. The molecule has 0 nitrogen and oxygen atoms in total. The zero-order valence-electron chi connectivity index (χ0n) is 17.1. The fourth-order valence-corrected chi connectivity index (χ4v) is 5.36. The summed E-state index contributed by atoms with van der Waals surface area (Å²) in [5.74, 6) is 0. The van der Waals surface area contributed by atoms with Crippen molar-refractivity contribution in [2.45, 2.75) is 9.79 Å². The van der Waals surface area contributed by atoms with Crippen LogP contribution < -0.4 is 0 Å². The van der Waals surface area contributed by atoms with Gasteiger partial charge < -0.3 is 0 Å². The summed E-state index contributed by atoms with van der Waals surface area (Å²) >= 11 is 6.94. The Morgan fingerprint density at radius 1 is 0.375 bits per heavy atom. The van der Waals surface area contributed by atoms with Gasteiger partial charge in [-0.3, -0.25) is 0 Å². The summed E-state index contributed by atoms with van der Waals surface area (Å²) in [6, 6.07) is 34.0. The highest BCUT2D eigenvalue weighted by atomic mass is 79.9. The highest BCUT2D eigenvalue weighted by Crippen LogP contribution is 2.37. The molecule has 4 rings (SSSR count). The van der Waals surface area contributed by atoms with Crippen LogP contribution in [0.5, 0.6) is 0 Å². The molecule has 0 N–H and O–H groups in total. The van der Waals surface area contributed by atoms with E-state index in [0.29, 0.717) is 0 Å². The lowest BCUT2D eigenvalue weighted by atomic mass is 10.1. The van der Waals surface area contributed by atoms with Gasteiger partial charge in [0.2, 0.25) is 0 Å². The molecule has 4 aromatic carbocycles. The van der Waals surface area contributed by atoms with Crippen LogP contribution in [-0.4, -0.2) is 0 Å². The Hall–Kier alpha value is -1.98. The van der Waals surface area contributed by atoms with Crippen molar-refractivity contribution < 1.29 is 0 Å². The second-order valence-corrected chi connectivity index (χ2v) is 11.2. The van der Waals surface area contributed by atoms with Crippen molar-refractivity contribution in [2.75, 3.05) is 0 Å². The third-order valence-electron chi connectivity index (χ3n) is 4.67. The van der Waals surface area contributed by atoms with E-state index in [1.165, 1.54) is 32.0 Å². The average molecular weight is 580 g/mol. The first-order valence-electron chi connectivity index (χ1n) is 10.1. The van der Waals surface area contributed by atoms with Crippen molar-refractivity contribution >= 4 is 77.8 Å². The number of halogens is 2. The lowest BCUT2D eigenvalue weighted by molar-refractivity contribution is 1.45. The first kappa shape index (κ1) is 23.2. The number of benzene rings is 4.